The van der Waals surface area contributed by atoms with Crippen LogP contribution in [0.5, 0.6) is 5.88 Å². The normalized spacial score (nSPS) is 17.7. The van der Waals surface area contributed by atoms with Crippen LogP contribution in [0.1, 0.15) is 36.2 Å². The number of likely N-dealkylation sites (tertiary alicyclic amines) is 1. The number of nitrogens with two attached hydrogens (primary N) is 1. The Morgan fingerprint density at radius 3 is 2.65 bits per heavy atom. The molecule has 0 radical (unpaired) electrons. The summed E-state index contributed by atoms with van der Waals surface area (Å²) in [6, 6.07) is 13.4. The number of aromatic nitrogens is 2. The third kappa shape index (κ3) is 5.10. The van der Waals surface area contributed by atoms with Crippen LogP contribution in [0.2, 0.25) is 5.02 Å². The number of amides is 2. The van der Waals surface area contributed by atoms with Crippen molar-refractivity contribution in [3.05, 3.63) is 64.9 Å². The molecule has 2 aromatic carbocycles. The maximum atomic E-state index is 13.2. The zero-order chi connectivity index (χ0) is 26.1. The van der Waals surface area contributed by atoms with Crippen molar-refractivity contribution in [2.75, 3.05) is 30.3 Å². The smallest absolute Gasteiger partial charge is 0.267 e. The van der Waals surface area contributed by atoms with Gasteiger partial charge in [-0.3, -0.25) is 9.59 Å². The first-order chi connectivity index (χ1) is 17.8. The van der Waals surface area contributed by atoms with Crippen molar-refractivity contribution in [2.45, 2.75) is 39.0 Å². The lowest BCUT2D eigenvalue weighted by molar-refractivity contribution is -0.140. The van der Waals surface area contributed by atoms with Gasteiger partial charge in [0.1, 0.15) is 30.4 Å². The van der Waals surface area contributed by atoms with Gasteiger partial charge in [0.25, 0.3) is 11.8 Å². The van der Waals surface area contributed by atoms with E-state index in [4.69, 9.17) is 26.8 Å². The van der Waals surface area contributed by atoms with Gasteiger partial charge in [0.2, 0.25) is 5.88 Å². The minimum absolute atomic E-state index is 0.0165. The number of hydrogen-bond acceptors (Lipinski definition) is 7. The van der Waals surface area contributed by atoms with Crippen LogP contribution >= 0.6 is 11.6 Å². The van der Waals surface area contributed by atoms with Gasteiger partial charge in [-0.15, -0.1) is 0 Å². The highest BCUT2D eigenvalue weighted by molar-refractivity contribution is 6.33. The van der Waals surface area contributed by atoms with Gasteiger partial charge in [-0.2, -0.15) is 0 Å². The summed E-state index contributed by atoms with van der Waals surface area (Å²) < 4.78 is 11.3. The van der Waals surface area contributed by atoms with Crippen molar-refractivity contribution in [3.8, 4) is 17.0 Å². The first kappa shape index (κ1) is 25.0. The van der Waals surface area contributed by atoms with E-state index in [0.29, 0.717) is 36.8 Å². The summed E-state index contributed by atoms with van der Waals surface area (Å²) in [4.78, 5) is 37.2. The molecule has 0 unspecified atom stereocenters. The molecule has 1 atom stereocenters. The van der Waals surface area contributed by atoms with Gasteiger partial charge in [-0.05, 0) is 43.2 Å². The zero-order valence-corrected chi connectivity index (χ0v) is 21.4. The molecule has 37 heavy (non-hydrogen) atoms. The Hall–Kier alpha value is -3.69. The third-order valence-corrected chi connectivity index (χ3v) is 6.75. The number of carbonyl (C=O) groups excluding carboxylic acids is 2. The molecule has 3 heterocycles. The summed E-state index contributed by atoms with van der Waals surface area (Å²) >= 11 is 6.65. The number of carbonyl (C=O) groups is 2. The average molecular weight is 522 g/mol. The second-order valence-corrected chi connectivity index (χ2v) is 9.73. The molecule has 9 nitrogen and oxygen atoms in total. The molecule has 2 amide bonds. The Balaban J connectivity index is 1.31. The van der Waals surface area contributed by atoms with Crippen molar-refractivity contribution < 1.29 is 19.1 Å². The van der Waals surface area contributed by atoms with Crippen molar-refractivity contribution in [1.29, 1.82) is 0 Å². The molecule has 2 aliphatic heterocycles. The fourth-order valence-electron chi connectivity index (χ4n) is 4.66. The van der Waals surface area contributed by atoms with Gasteiger partial charge in [-0.1, -0.05) is 35.9 Å². The fourth-order valence-corrected chi connectivity index (χ4v) is 4.98. The van der Waals surface area contributed by atoms with E-state index in [1.807, 2.05) is 61.2 Å². The summed E-state index contributed by atoms with van der Waals surface area (Å²) in [5.41, 5.74) is 9.53. The molecular weight excluding hydrogens is 494 g/mol. The molecule has 1 fully saturated rings. The van der Waals surface area contributed by atoms with Gasteiger partial charge in [0.05, 0.1) is 12.6 Å². The minimum Gasteiger partial charge on any atom is -0.475 e. The Bertz CT molecular complexity index is 1330. The minimum atomic E-state index is -0.367. The van der Waals surface area contributed by atoms with E-state index in [2.05, 4.69) is 9.97 Å². The quantitative estimate of drug-likeness (QED) is 0.523. The van der Waals surface area contributed by atoms with Crippen LogP contribution in [0.15, 0.2) is 48.8 Å². The number of anilines is 2. The van der Waals surface area contributed by atoms with E-state index in [1.165, 1.54) is 6.33 Å². The van der Waals surface area contributed by atoms with Gasteiger partial charge in [-0.25, -0.2) is 9.97 Å². The molecule has 2 N–H and O–H groups in total. The van der Waals surface area contributed by atoms with Crippen LogP contribution in [-0.2, 0) is 16.1 Å². The highest BCUT2D eigenvalue weighted by Crippen LogP contribution is 2.33. The van der Waals surface area contributed by atoms with Gasteiger partial charge < -0.3 is 25.0 Å². The Morgan fingerprint density at radius 2 is 1.92 bits per heavy atom. The van der Waals surface area contributed by atoms with E-state index >= 15 is 0 Å². The monoisotopic (exact) mass is 521 g/mol. The molecule has 5 rings (SSSR count). The molecule has 0 spiro atoms. The van der Waals surface area contributed by atoms with Crippen LogP contribution in [0.25, 0.3) is 11.1 Å². The van der Waals surface area contributed by atoms with E-state index in [1.54, 1.807) is 4.90 Å². The number of rotatable bonds is 6. The first-order valence-electron chi connectivity index (χ1n) is 12.2. The Kier molecular flexibility index (Phi) is 6.99. The van der Waals surface area contributed by atoms with Crippen LogP contribution in [0.4, 0.5) is 11.5 Å². The Morgan fingerprint density at radius 1 is 1.14 bits per heavy atom. The van der Waals surface area contributed by atoms with E-state index in [9.17, 15) is 9.59 Å². The maximum absolute atomic E-state index is 13.2. The second kappa shape index (κ2) is 10.4. The van der Waals surface area contributed by atoms with Crippen molar-refractivity contribution in [3.63, 3.8) is 0 Å². The summed E-state index contributed by atoms with van der Waals surface area (Å²) in [6.45, 7) is 5.66. The number of ether oxygens (including phenoxy) is 2. The number of nitrogens with zero attached hydrogens (tertiary/aromatic N) is 4. The summed E-state index contributed by atoms with van der Waals surface area (Å²) in [7, 11) is 0. The number of benzene rings is 2. The van der Waals surface area contributed by atoms with E-state index < -0.39 is 0 Å². The number of halogens is 1. The van der Waals surface area contributed by atoms with Gasteiger partial charge >= 0.3 is 0 Å². The number of hydrogen-bond donors (Lipinski definition) is 1. The predicted octanol–water partition coefficient (Wildman–Crippen LogP) is 3.94. The van der Waals surface area contributed by atoms with Crippen LogP contribution in [0, 0.1) is 0 Å². The Labute approximate surface area is 220 Å². The molecule has 1 saturated heterocycles. The van der Waals surface area contributed by atoms with Crippen LogP contribution in [0.3, 0.4) is 0 Å². The summed E-state index contributed by atoms with van der Waals surface area (Å²) in [6.07, 6.45) is 1.63. The molecular formula is C27H28ClN5O4. The molecule has 1 aromatic heterocycles. The van der Waals surface area contributed by atoms with E-state index in [0.717, 1.165) is 16.7 Å². The second-order valence-electron chi connectivity index (χ2n) is 9.33. The molecule has 0 aliphatic carbocycles. The standard InChI is InChI=1S/C27H28ClN5O4/c1-16(2)37-22-9-10-32(26(22)34)14-17-3-8-20(21(28)13-17)18-4-6-19(7-5-18)33-11-12-36-25-23(27(33)35)24(29)30-15-31-25/h3-8,13,15-16,22H,9-12,14H2,1-2H3,(H2,29,30,31)/t22-/m0/s1. The third-order valence-electron chi connectivity index (χ3n) is 6.44. The largest absolute Gasteiger partial charge is 0.475 e. The fraction of sp³-hybridized carbons (Fsp3) is 0.333. The lowest BCUT2D eigenvalue weighted by atomic mass is 10.0. The lowest BCUT2D eigenvalue weighted by Crippen LogP contribution is -2.32. The summed E-state index contributed by atoms with van der Waals surface area (Å²) in [5, 5.41) is 0.588. The highest BCUT2D eigenvalue weighted by Gasteiger charge is 2.33. The molecule has 192 valence electrons. The van der Waals surface area contributed by atoms with Crippen molar-refractivity contribution in [2.24, 2.45) is 0 Å². The van der Waals surface area contributed by atoms with Crippen LogP contribution in [-0.4, -0.2) is 58.6 Å². The topological polar surface area (TPSA) is 111 Å². The average Bonchev–Trinajstić information content (AvgIpc) is 3.09. The maximum Gasteiger partial charge on any atom is 0.267 e. The van der Waals surface area contributed by atoms with Gasteiger partial charge in [0, 0.05) is 35.8 Å². The number of fused-ring (bicyclic) bond motifs is 1. The molecule has 3 aromatic rings. The zero-order valence-electron chi connectivity index (χ0n) is 20.7. The van der Waals surface area contributed by atoms with E-state index in [-0.39, 0.29) is 47.9 Å². The SMILES string of the molecule is CC(C)O[C@H]1CCN(Cc2ccc(-c3ccc(N4CCOc5ncnc(N)c5C4=O)cc3)c(Cl)c2)C1=O. The number of nitrogen functional groups attached to an aromatic ring is 1. The summed E-state index contributed by atoms with van der Waals surface area (Å²) in [5.74, 6) is -0.00167. The van der Waals surface area contributed by atoms with Crippen molar-refractivity contribution in [1.82, 2.24) is 14.9 Å². The molecule has 10 heteroatoms. The van der Waals surface area contributed by atoms with Crippen molar-refractivity contribution >= 4 is 34.9 Å². The molecule has 0 saturated carbocycles. The molecule has 0 bridgehead atoms. The van der Waals surface area contributed by atoms with Crippen LogP contribution < -0.4 is 15.4 Å². The van der Waals surface area contributed by atoms with Gasteiger partial charge in [0.15, 0.2) is 0 Å². The highest BCUT2D eigenvalue weighted by atomic mass is 35.5. The first-order valence-corrected chi connectivity index (χ1v) is 12.6. The molecule has 2 aliphatic rings. The predicted molar refractivity (Wildman–Crippen MR) is 141 cm³/mol. The lowest BCUT2D eigenvalue weighted by Gasteiger charge is -2.21.